The molecule has 22 heavy (non-hydrogen) atoms. The van der Waals surface area contributed by atoms with Crippen LogP contribution in [0.1, 0.15) is 17.5 Å². The zero-order chi connectivity index (χ0) is 15.7. The number of benzene rings is 1. The number of fused-ring (bicyclic) bond motifs is 1. The van der Waals surface area contributed by atoms with Gasteiger partial charge < -0.3 is 19.7 Å². The highest BCUT2D eigenvalue weighted by atomic mass is 16.7. The molecule has 0 bridgehead atoms. The molecule has 6 nitrogen and oxygen atoms in total. The molecule has 1 heterocycles. The maximum absolute atomic E-state index is 10.6. The van der Waals surface area contributed by atoms with E-state index < -0.39 is 6.16 Å². The predicted molar refractivity (Wildman–Crippen MR) is 80.7 cm³/mol. The molecule has 0 saturated heterocycles. The van der Waals surface area contributed by atoms with Crippen LogP contribution in [0.25, 0.3) is 11.6 Å². The Labute approximate surface area is 127 Å². The van der Waals surface area contributed by atoms with E-state index in [0.717, 1.165) is 11.3 Å². The summed E-state index contributed by atoms with van der Waals surface area (Å²) >= 11 is 0. The van der Waals surface area contributed by atoms with Crippen LogP contribution in [0.3, 0.4) is 0 Å². The number of carbonyl (C=O) groups is 1. The Morgan fingerprint density at radius 2 is 2.23 bits per heavy atom. The van der Waals surface area contributed by atoms with Crippen molar-refractivity contribution in [1.82, 2.24) is 4.90 Å². The van der Waals surface area contributed by atoms with E-state index in [1.54, 1.807) is 7.11 Å². The van der Waals surface area contributed by atoms with Crippen molar-refractivity contribution in [3.8, 4) is 5.75 Å². The fourth-order valence-corrected chi connectivity index (χ4v) is 2.73. The third-order valence-corrected chi connectivity index (χ3v) is 3.89. The lowest BCUT2D eigenvalue weighted by atomic mass is 9.88. The molecule has 2 N–H and O–H groups in total. The van der Waals surface area contributed by atoms with Gasteiger partial charge in [-0.25, -0.2) is 4.79 Å². The van der Waals surface area contributed by atoms with Crippen LogP contribution in [0.15, 0.2) is 29.7 Å². The maximum atomic E-state index is 10.6. The zero-order valence-corrected chi connectivity index (χ0v) is 12.2. The van der Waals surface area contributed by atoms with Crippen molar-refractivity contribution in [3.63, 3.8) is 0 Å². The summed E-state index contributed by atoms with van der Waals surface area (Å²) in [7, 11) is 1.64. The Hall–Kier alpha value is -2.47. The second kappa shape index (κ2) is 5.73. The lowest BCUT2D eigenvalue weighted by molar-refractivity contribution is 0.0980. The van der Waals surface area contributed by atoms with Crippen LogP contribution >= 0.6 is 0 Å². The van der Waals surface area contributed by atoms with Crippen molar-refractivity contribution in [2.45, 2.75) is 6.42 Å². The van der Waals surface area contributed by atoms with Gasteiger partial charge in [-0.1, -0.05) is 6.07 Å². The molecule has 1 aromatic carbocycles. The van der Waals surface area contributed by atoms with Crippen LogP contribution in [0.2, 0.25) is 0 Å². The summed E-state index contributed by atoms with van der Waals surface area (Å²) < 4.78 is 9.87. The number of nitrogens with zero attached hydrogens (tertiary/aromatic N) is 1. The van der Waals surface area contributed by atoms with E-state index in [1.807, 2.05) is 23.1 Å². The van der Waals surface area contributed by atoms with Crippen molar-refractivity contribution in [2.75, 3.05) is 26.7 Å². The van der Waals surface area contributed by atoms with Crippen LogP contribution in [-0.2, 0) is 4.74 Å². The molecule has 0 aromatic heterocycles. The standard InChI is InChI=1S/C16H17NO5/c1-21-12-3-2-10-6-11(13(10)7-12)8-17-5-4-14(18)15(9-17)22-16(19)20/h2-3,6-7,18H,4-5,8-9H2,1H3,(H,19,20). The summed E-state index contributed by atoms with van der Waals surface area (Å²) in [6.07, 6.45) is 1.09. The highest BCUT2D eigenvalue weighted by Gasteiger charge is 2.25. The van der Waals surface area contributed by atoms with E-state index in [1.165, 1.54) is 11.1 Å². The van der Waals surface area contributed by atoms with Crippen molar-refractivity contribution in [1.29, 1.82) is 0 Å². The molecule has 0 saturated carbocycles. The molecule has 116 valence electrons. The minimum Gasteiger partial charge on any atom is -0.509 e. The fourth-order valence-electron chi connectivity index (χ4n) is 2.73. The van der Waals surface area contributed by atoms with Gasteiger partial charge in [-0.15, -0.1) is 0 Å². The van der Waals surface area contributed by atoms with Gasteiger partial charge in [0.15, 0.2) is 5.76 Å². The average Bonchev–Trinajstić information content (AvgIpc) is 2.47. The van der Waals surface area contributed by atoms with E-state index in [-0.39, 0.29) is 18.1 Å². The van der Waals surface area contributed by atoms with Gasteiger partial charge >= 0.3 is 6.16 Å². The van der Waals surface area contributed by atoms with Gasteiger partial charge in [0.2, 0.25) is 0 Å². The van der Waals surface area contributed by atoms with Gasteiger partial charge in [-0.3, -0.25) is 4.90 Å². The van der Waals surface area contributed by atoms with Crippen molar-refractivity contribution < 1.29 is 24.5 Å². The number of aliphatic hydroxyl groups is 1. The first-order chi connectivity index (χ1) is 10.6. The molecule has 1 aromatic rings. The first kappa shape index (κ1) is 14.5. The molecule has 0 spiro atoms. The number of hydrogen-bond donors (Lipinski definition) is 2. The number of aliphatic hydroxyl groups excluding tert-OH is 1. The van der Waals surface area contributed by atoms with Crippen LogP contribution in [-0.4, -0.2) is 48.0 Å². The smallest absolute Gasteiger partial charge is 0.509 e. The maximum Gasteiger partial charge on any atom is 0.511 e. The second-order valence-corrected chi connectivity index (χ2v) is 5.32. The molecule has 0 fully saturated rings. The summed E-state index contributed by atoms with van der Waals surface area (Å²) in [6.45, 7) is 1.63. The van der Waals surface area contributed by atoms with Crippen molar-refractivity contribution in [2.24, 2.45) is 0 Å². The van der Waals surface area contributed by atoms with Crippen LogP contribution in [0, 0.1) is 0 Å². The number of carboxylic acid groups (broad SMARTS) is 1. The molecule has 2 aliphatic rings. The number of ether oxygens (including phenoxy) is 2. The van der Waals surface area contributed by atoms with Gasteiger partial charge in [0.25, 0.3) is 0 Å². The predicted octanol–water partition coefficient (Wildman–Crippen LogP) is 2.72. The minimum absolute atomic E-state index is 0.0170. The zero-order valence-electron chi connectivity index (χ0n) is 12.2. The summed E-state index contributed by atoms with van der Waals surface area (Å²) in [5.41, 5.74) is 3.50. The van der Waals surface area contributed by atoms with Gasteiger partial charge in [0, 0.05) is 19.5 Å². The summed E-state index contributed by atoms with van der Waals surface area (Å²) in [4.78, 5) is 12.7. The Kier molecular flexibility index (Phi) is 3.77. The van der Waals surface area contributed by atoms with Crippen LogP contribution in [0.5, 0.6) is 5.75 Å². The Morgan fingerprint density at radius 3 is 2.95 bits per heavy atom. The molecule has 0 atom stereocenters. The Morgan fingerprint density at radius 1 is 1.41 bits per heavy atom. The number of methoxy groups -OCH3 is 1. The largest absolute Gasteiger partial charge is 0.511 e. The molecule has 1 aliphatic heterocycles. The Balaban J connectivity index is 1.67. The molecule has 6 heteroatoms. The molecule has 1 aliphatic carbocycles. The lowest BCUT2D eigenvalue weighted by Crippen LogP contribution is -2.35. The van der Waals surface area contributed by atoms with Gasteiger partial charge in [0.05, 0.1) is 13.7 Å². The number of rotatable bonds is 4. The molecular formula is C16H17NO5. The van der Waals surface area contributed by atoms with Gasteiger partial charge in [0.1, 0.15) is 11.5 Å². The molecule has 0 unspecified atom stereocenters. The van der Waals surface area contributed by atoms with Crippen molar-refractivity contribution in [3.05, 3.63) is 40.8 Å². The first-order valence-electron chi connectivity index (χ1n) is 7.00. The lowest BCUT2D eigenvalue weighted by Gasteiger charge is -2.31. The van der Waals surface area contributed by atoms with E-state index in [9.17, 15) is 9.90 Å². The number of hydrogen-bond acceptors (Lipinski definition) is 5. The fraction of sp³-hybridized carbons (Fsp3) is 0.312. The van der Waals surface area contributed by atoms with E-state index in [4.69, 9.17) is 9.84 Å². The van der Waals surface area contributed by atoms with E-state index >= 15 is 0 Å². The molecular weight excluding hydrogens is 286 g/mol. The topological polar surface area (TPSA) is 79.2 Å². The normalized spacial score (nSPS) is 17.4. The van der Waals surface area contributed by atoms with Crippen molar-refractivity contribution >= 4 is 17.8 Å². The quantitative estimate of drug-likeness (QED) is 0.833. The van der Waals surface area contributed by atoms with E-state index in [0.29, 0.717) is 19.5 Å². The summed E-state index contributed by atoms with van der Waals surface area (Å²) in [6, 6.07) is 5.93. The average molecular weight is 303 g/mol. The monoisotopic (exact) mass is 303 g/mol. The molecule has 3 rings (SSSR count). The van der Waals surface area contributed by atoms with Crippen LogP contribution in [0.4, 0.5) is 4.79 Å². The van der Waals surface area contributed by atoms with Gasteiger partial charge in [-0.2, -0.15) is 0 Å². The third-order valence-electron chi connectivity index (χ3n) is 3.89. The Bertz CT molecular complexity index is 677. The molecule has 0 radical (unpaired) electrons. The summed E-state index contributed by atoms with van der Waals surface area (Å²) in [5.74, 6) is 0.947. The SMILES string of the molecule is COc1ccc2c(c1)C(CN1CCC(O)=C(OC(=O)O)C1)=C2. The van der Waals surface area contributed by atoms with Crippen LogP contribution < -0.4 is 4.74 Å². The third kappa shape index (κ3) is 2.78. The molecule has 0 amide bonds. The first-order valence-corrected chi connectivity index (χ1v) is 7.00. The summed E-state index contributed by atoms with van der Waals surface area (Å²) in [5, 5.41) is 18.4. The highest BCUT2D eigenvalue weighted by molar-refractivity contribution is 5.96. The van der Waals surface area contributed by atoms with E-state index in [2.05, 4.69) is 10.8 Å². The minimum atomic E-state index is -1.40. The highest BCUT2D eigenvalue weighted by Crippen LogP contribution is 2.36. The second-order valence-electron chi connectivity index (χ2n) is 5.32. The van der Waals surface area contributed by atoms with Gasteiger partial charge in [-0.05, 0) is 34.9 Å².